The second kappa shape index (κ2) is 6.89. The molecule has 1 rings (SSSR count). The van der Waals surface area contributed by atoms with Gasteiger partial charge >= 0.3 is 0 Å². The quantitative estimate of drug-likeness (QED) is 0.743. The third-order valence-corrected chi connectivity index (χ3v) is 1.49. The highest BCUT2D eigenvalue weighted by molar-refractivity contribution is 5.95. The maximum Gasteiger partial charge on any atom is 0.175 e. The Morgan fingerprint density at radius 1 is 1.21 bits per heavy atom. The number of hydrogen-bond donors (Lipinski definition) is 1. The second-order valence-corrected chi connectivity index (χ2v) is 2.53. The van der Waals surface area contributed by atoms with Crippen molar-refractivity contribution in [1.82, 2.24) is 0 Å². The van der Waals surface area contributed by atoms with E-state index in [4.69, 9.17) is 0 Å². The normalized spacial score (nSPS) is 8.21. The minimum Gasteiger partial charge on any atom is -0.353 e. The Morgan fingerprint density at radius 2 is 1.71 bits per heavy atom. The minimum atomic E-state index is -0.0427. The average Bonchev–Trinajstić information content (AvgIpc) is 2.22. The second-order valence-electron chi connectivity index (χ2n) is 2.53. The molecule has 0 heterocycles. The van der Waals surface area contributed by atoms with Crippen LogP contribution < -0.4 is 5.32 Å². The molecule has 0 aliphatic heterocycles. The van der Waals surface area contributed by atoms with Gasteiger partial charge in [0, 0.05) is 12.6 Å². The van der Waals surface area contributed by atoms with Gasteiger partial charge in [-0.25, -0.2) is 0 Å². The molecule has 0 unspecified atom stereocenters. The van der Waals surface area contributed by atoms with Gasteiger partial charge in [-0.1, -0.05) is 38.6 Å². The SMILES string of the molecule is C=C(Nc1ccccc1)C(C)=O.CC. The molecule has 0 aliphatic carbocycles. The molecule has 14 heavy (non-hydrogen) atoms. The number of para-hydroxylation sites is 1. The van der Waals surface area contributed by atoms with Crippen molar-refractivity contribution in [3.05, 3.63) is 42.6 Å². The van der Waals surface area contributed by atoms with Crippen LogP contribution in [0.3, 0.4) is 0 Å². The van der Waals surface area contributed by atoms with Crippen LogP contribution in [-0.4, -0.2) is 5.78 Å². The van der Waals surface area contributed by atoms with E-state index in [1.165, 1.54) is 6.92 Å². The molecule has 0 saturated heterocycles. The van der Waals surface area contributed by atoms with E-state index in [9.17, 15) is 4.79 Å². The van der Waals surface area contributed by atoms with Gasteiger partial charge < -0.3 is 5.32 Å². The zero-order valence-corrected chi connectivity index (χ0v) is 9.00. The van der Waals surface area contributed by atoms with E-state index in [1.54, 1.807) is 0 Å². The van der Waals surface area contributed by atoms with Gasteiger partial charge in [-0.15, -0.1) is 0 Å². The fourth-order valence-corrected chi connectivity index (χ4v) is 0.784. The summed E-state index contributed by atoms with van der Waals surface area (Å²) in [5, 5.41) is 2.90. The molecule has 0 atom stereocenters. The van der Waals surface area contributed by atoms with Gasteiger partial charge in [-0.2, -0.15) is 0 Å². The van der Waals surface area contributed by atoms with Crippen LogP contribution in [0.4, 0.5) is 5.69 Å². The highest BCUT2D eigenvalue weighted by Crippen LogP contribution is 2.07. The van der Waals surface area contributed by atoms with Gasteiger partial charge in [0.05, 0.1) is 5.70 Å². The standard InChI is InChI=1S/C10H11NO.C2H6/c1-8(9(2)12)11-10-6-4-3-5-7-10;1-2/h3-7,11H,1H2,2H3;1-2H3. The van der Waals surface area contributed by atoms with Gasteiger partial charge in [0.1, 0.15) is 0 Å². The number of hydrogen-bond acceptors (Lipinski definition) is 2. The van der Waals surface area contributed by atoms with E-state index in [0.29, 0.717) is 5.70 Å². The number of carbonyl (C=O) groups excluding carboxylic acids is 1. The third kappa shape index (κ3) is 4.45. The molecule has 0 aliphatic rings. The molecule has 2 heteroatoms. The lowest BCUT2D eigenvalue weighted by molar-refractivity contribution is -0.113. The summed E-state index contributed by atoms with van der Waals surface area (Å²) in [6, 6.07) is 9.48. The third-order valence-electron chi connectivity index (χ3n) is 1.49. The molecule has 76 valence electrons. The summed E-state index contributed by atoms with van der Waals surface area (Å²) in [4.78, 5) is 10.8. The van der Waals surface area contributed by atoms with Crippen molar-refractivity contribution >= 4 is 11.5 Å². The highest BCUT2D eigenvalue weighted by atomic mass is 16.1. The lowest BCUT2D eigenvalue weighted by Crippen LogP contribution is -2.05. The van der Waals surface area contributed by atoms with E-state index < -0.39 is 0 Å². The topological polar surface area (TPSA) is 29.1 Å². The lowest BCUT2D eigenvalue weighted by Gasteiger charge is -2.04. The first kappa shape index (κ1) is 12.4. The highest BCUT2D eigenvalue weighted by Gasteiger charge is 1.98. The molecule has 0 fully saturated rings. The zero-order chi connectivity index (χ0) is 11.0. The maximum absolute atomic E-state index is 10.8. The van der Waals surface area contributed by atoms with Gasteiger partial charge in [0.2, 0.25) is 0 Å². The van der Waals surface area contributed by atoms with Crippen LogP contribution in [0.2, 0.25) is 0 Å². The van der Waals surface area contributed by atoms with E-state index in [2.05, 4.69) is 11.9 Å². The number of anilines is 1. The van der Waals surface area contributed by atoms with E-state index in [0.717, 1.165) is 5.69 Å². The predicted molar refractivity (Wildman–Crippen MR) is 61.2 cm³/mol. The number of benzene rings is 1. The summed E-state index contributed by atoms with van der Waals surface area (Å²) in [7, 11) is 0. The molecule has 0 radical (unpaired) electrons. The van der Waals surface area contributed by atoms with Gasteiger partial charge in [0.15, 0.2) is 5.78 Å². The van der Waals surface area contributed by atoms with Crippen molar-refractivity contribution in [2.75, 3.05) is 5.32 Å². The number of allylic oxidation sites excluding steroid dienone is 1. The van der Waals surface area contributed by atoms with Crippen LogP contribution in [0.5, 0.6) is 0 Å². The lowest BCUT2D eigenvalue weighted by atomic mass is 10.3. The summed E-state index contributed by atoms with van der Waals surface area (Å²) < 4.78 is 0. The Kier molecular flexibility index (Phi) is 6.12. The van der Waals surface area contributed by atoms with Crippen LogP contribution >= 0.6 is 0 Å². The van der Waals surface area contributed by atoms with Gasteiger partial charge in [-0.05, 0) is 12.1 Å². The van der Waals surface area contributed by atoms with Crippen molar-refractivity contribution in [3.63, 3.8) is 0 Å². The Labute approximate surface area is 85.6 Å². The Morgan fingerprint density at radius 3 is 2.14 bits per heavy atom. The van der Waals surface area contributed by atoms with Crippen molar-refractivity contribution in [3.8, 4) is 0 Å². The largest absolute Gasteiger partial charge is 0.353 e. The van der Waals surface area contributed by atoms with Crippen LogP contribution in [0, 0.1) is 0 Å². The predicted octanol–water partition coefficient (Wildman–Crippen LogP) is 3.23. The molecular weight excluding hydrogens is 174 g/mol. The molecule has 0 bridgehead atoms. The van der Waals surface area contributed by atoms with Crippen molar-refractivity contribution in [2.24, 2.45) is 0 Å². The first-order chi connectivity index (χ1) is 6.70. The van der Waals surface area contributed by atoms with Crippen molar-refractivity contribution in [1.29, 1.82) is 0 Å². The molecule has 0 amide bonds. The fourth-order valence-electron chi connectivity index (χ4n) is 0.784. The monoisotopic (exact) mass is 191 g/mol. The minimum absolute atomic E-state index is 0.0427. The van der Waals surface area contributed by atoms with Crippen molar-refractivity contribution < 1.29 is 4.79 Å². The van der Waals surface area contributed by atoms with E-state index in [-0.39, 0.29) is 5.78 Å². The molecule has 0 spiro atoms. The summed E-state index contributed by atoms with van der Waals surface area (Å²) in [6.45, 7) is 9.07. The zero-order valence-electron chi connectivity index (χ0n) is 9.00. The molecule has 0 aromatic heterocycles. The number of ketones is 1. The molecule has 1 aromatic rings. The fraction of sp³-hybridized carbons (Fsp3) is 0.250. The van der Waals surface area contributed by atoms with Crippen molar-refractivity contribution in [2.45, 2.75) is 20.8 Å². The summed E-state index contributed by atoms with van der Waals surface area (Å²) in [5.74, 6) is -0.0427. The van der Waals surface area contributed by atoms with Gasteiger partial charge in [-0.3, -0.25) is 4.79 Å². The summed E-state index contributed by atoms with van der Waals surface area (Å²) >= 11 is 0. The summed E-state index contributed by atoms with van der Waals surface area (Å²) in [5.41, 5.74) is 1.30. The van der Waals surface area contributed by atoms with Crippen LogP contribution in [0.25, 0.3) is 0 Å². The Hall–Kier alpha value is -1.57. The average molecular weight is 191 g/mol. The summed E-state index contributed by atoms with van der Waals surface area (Å²) in [6.07, 6.45) is 0. The first-order valence-corrected chi connectivity index (χ1v) is 4.72. The molecule has 1 aromatic carbocycles. The number of rotatable bonds is 3. The van der Waals surface area contributed by atoms with Crippen LogP contribution in [-0.2, 0) is 4.79 Å². The van der Waals surface area contributed by atoms with Crippen LogP contribution in [0.15, 0.2) is 42.6 Å². The Bertz CT molecular complexity index is 290. The van der Waals surface area contributed by atoms with E-state index >= 15 is 0 Å². The van der Waals surface area contributed by atoms with Crippen LogP contribution in [0.1, 0.15) is 20.8 Å². The smallest absolute Gasteiger partial charge is 0.175 e. The Balaban J connectivity index is 0.000000791. The number of carbonyl (C=O) groups is 1. The van der Waals surface area contributed by atoms with Gasteiger partial charge in [0.25, 0.3) is 0 Å². The molecule has 0 saturated carbocycles. The first-order valence-electron chi connectivity index (χ1n) is 4.72. The van der Waals surface area contributed by atoms with E-state index in [1.807, 2.05) is 44.2 Å². The maximum atomic E-state index is 10.8. The molecular formula is C12H17NO. The number of Topliss-reactive ketones (excluding diaryl/α,β-unsaturated/α-hetero) is 1. The molecule has 2 nitrogen and oxygen atoms in total. The number of nitrogens with one attached hydrogen (secondary N) is 1. The molecule has 1 N–H and O–H groups in total.